The summed E-state index contributed by atoms with van der Waals surface area (Å²) in [4.78, 5) is 0. The van der Waals surface area contributed by atoms with Crippen molar-refractivity contribution in [2.75, 3.05) is 0 Å². The first-order valence-corrected chi connectivity index (χ1v) is 8.79. The summed E-state index contributed by atoms with van der Waals surface area (Å²) >= 11 is 0. The van der Waals surface area contributed by atoms with Crippen LogP contribution in [0, 0.1) is 34.6 Å². The Morgan fingerprint density at radius 3 is 1.88 bits per heavy atom. The molecule has 0 aliphatic carbocycles. The fourth-order valence-corrected chi connectivity index (χ4v) is 3.15. The summed E-state index contributed by atoms with van der Waals surface area (Å²) in [6.45, 7) is 13.2. The maximum Gasteiger partial charge on any atom is 4.00 e. The second-order valence-electron chi connectivity index (χ2n) is 6.72. The molecule has 0 aliphatic heterocycles. The van der Waals surface area contributed by atoms with Gasteiger partial charge < -0.3 is 9.41 Å². The summed E-state index contributed by atoms with van der Waals surface area (Å²) < 4.78 is 0. The van der Waals surface area contributed by atoms with Gasteiger partial charge in [-0.3, -0.25) is 0 Å². The van der Waals surface area contributed by atoms with Gasteiger partial charge in [0, 0.05) is 0 Å². The Morgan fingerprint density at radius 2 is 1.46 bits per heavy atom. The van der Waals surface area contributed by atoms with E-state index in [0.29, 0.717) is 0 Å². The molecule has 0 fully saturated rings. The van der Waals surface area contributed by atoms with E-state index >= 15 is 0 Å². The van der Waals surface area contributed by atoms with E-state index in [1.807, 2.05) is 0 Å². The van der Waals surface area contributed by atoms with Crippen LogP contribution in [0.1, 0.15) is 53.1 Å². The van der Waals surface area contributed by atoms with Crippen molar-refractivity contribution in [3.63, 3.8) is 0 Å². The van der Waals surface area contributed by atoms with Crippen molar-refractivity contribution < 1.29 is 35.6 Å². The SMILES string of the molecule is CCCCc1cc2ccccc2[cH-]1.Cc1c(C)c(C)[c-](C)c1C.[F-].[F-].[Zr+4]. The van der Waals surface area contributed by atoms with Crippen LogP contribution in [0.2, 0.25) is 0 Å². The summed E-state index contributed by atoms with van der Waals surface area (Å²) in [6, 6.07) is 13.2. The zero-order chi connectivity index (χ0) is 17.0. The van der Waals surface area contributed by atoms with E-state index in [1.54, 1.807) is 0 Å². The average Bonchev–Trinajstić information content (AvgIpc) is 3.05. The van der Waals surface area contributed by atoms with E-state index in [0.717, 1.165) is 0 Å². The number of benzene rings is 1. The Bertz CT molecular complexity index is 668. The molecule has 0 heterocycles. The monoisotopic (exact) mass is 434 g/mol. The number of hydrogen-bond acceptors (Lipinski definition) is 0. The van der Waals surface area contributed by atoms with Gasteiger partial charge in [0.25, 0.3) is 0 Å². The zero-order valence-corrected chi connectivity index (χ0v) is 19.3. The van der Waals surface area contributed by atoms with Gasteiger partial charge in [-0.1, -0.05) is 60.5 Å². The standard InChI is InChI=1S/C13H15.C10H15.2FH.Zr/c1-2-3-6-11-9-12-7-4-5-8-13(12)10-11;1-6-7(2)9(4)10(5)8(6)3;;;/h4-5,7-10H,2-3,6H2,1H3;1-5H3;2*1H;/q2*-1;;;+4/p-2. The Labute approximate surface area is 176 Å². The molecule has 3 rings (SSSR count). The van der Waals surface area contributed by atoms with Crippen molar-refractivity contribution in [2.45, 2.75) is 60.8 Å². The van der Waals surface area contributed by atoms with E-state index in [2.05, 4.69) is 77.9 Å². The van der Waals surface area contributed by atoms with Gasteiger partial charge in [0.05, 0.1) is 0 Å². The van der Waals surface area contributed by atoms with E-state index in [9.17, 15) is 0 Å². The van der Waals surface area contributed by atoms with Gasteiger partial charge in [0.1, 0.15) is 0 Å². The normalized spacial score (nSPS) is 9.46. The zero-order valence-electron chi connectivity index (χ0n) is 16.8. The first kappa shape index (κ1) is 27.1. The van der Waals surface area contributed by atoms with Crippen LogP contribution in [-0.4, -0.2) is 0 Å². The van der Waals surface area contributed by atoms with Crippen LogP contribution < -0.4 is 9.41 Å². The smallest absolute Gasteiger partial charge is 1.00 e. The maximum atomic E-state index is 2.31. The van der Waals surface area contributed by atoms with Gasteiger partial charge in [-0.2, -0.15) is 33.9 Å². The topological polar surface area (TPSA) is 0 Å². The summed E-state index contributed by atoms with van der Waals surface area (Å²) in [5.74, 6) is 0. The minimum atomic E-state index is 0. The first-order valence-electron chi connectivity index (χ1n) is 8.79. The fraction of sp³-hybridized carbons (Fsp3) is 0.391. The Hall–Kier alpha value is -1.08. The molecule has 0 N–H and O–H groups in total. The fourth-order valence-electron chi connectivity index (χ4n) is 3.15. The number of halogens is 2. The largest absolute Gasteiger partial charge is 4.00 e. The molecule has 0 saturated heterocycles. The molecule has 26 heavy (non-hydrogen) atoms. The van der Waals surface area contributed by atoms with Crippen LogP contribution in [0.3, 0.4) is 0 Å². The summed E-state index contributed by atoms with van der Waals surface area (Å²) in [5, 5.41) is 2.77. The molecule has 0 amide bonds. The third-order valence-electron chi connectivity index (χ3n) is 5.31. The summed E-state index contributed by atoms with van der Waals surface area (Å²) in [7, 11) is 0. The predicted octanol–water partition coefficient (Wildman–Crippen LogP) is 0.854. The third-order valence-corrected chi connectivity index (χ3v) is 5.31. The third kappa shape index (κ3) is 6.27. The van der Waals surface area contributed by atoms with Gasteiger partial charge in [-0.15, -0.1) is 40.6 Å². The quantitative estimate of drug-likeness (QED) is 0.535. The molecule has 3 aromatic rings. The van der Waals surface area contributed by atoms with Gasteiger partial charge in [0.2, 0.25) is 0 Å². The molecule has 0 unspecified atom stereocenters. The molecule has 0 saturated carbocycles. The molecular formula is C23H30F2Zr. The van der Waals surface area contributed by atoms with Crippen LogP contribution in [0.5, 0.6) is 0 Å². The van der Waals surface area contributed by atoms with Gasteiger partial charge in [0.15, 0.2) is 0 Å². The second kappa shape index (κ2) is 12.3. The molecule has 3 aromatic carbocycles. The predicted molar refractivity (Wildman–Crippen MR) is 104 cm³/mol. The summed E-state index contributed by atoms with van der Waals surface area (Å²) in [6.07, 6.45) is 3.81. The molecule has 0 nitrogen and oxygen atoms in total. The van der Waals surface area contributed by atoms with Crippen molar-refractivity contribution in [3.8, 4) is 0 Å². The van der Waals surface area contributed by atoms with Crippen molar-refractivity contribution in [2.24, 2.45) is 0 Å². The Morgan fingerprint density at radius 1 is 0.923 bits per heavy atom. The number of hydrogen-bond donors (Lipinski definition) is 0. The number of unbranched alkanes of at least 4 members (excludes halogenated alkanes) is 1. The van der Waals surface area contributed by atoms with Gasteiger partial charge in [-0.25, -0.2) is 0 Å². The van der Waals surface area contributed by atoms with Crippen molar-refractivity contribution in [1.29, 1.82) is 0 Å². The van der Waals surface area contributed by atoms with Crippen LogP contribution >= 0.6 is 0 Å². The molecule has 0 bridgehead atoms. The maximum absolute atomic E-state index is 2.31. The number of fused-ring (bicyclic) bond motifs is 1. The molecule has 140 valence electrons. The van der Waals surface area contributed by atoms with Crippen LogP contribution in [-0.2, 0) is 32.6 Å². The molecule has 0 atom stereocenters. The van der Waals surface area contributed by atoms with Crippen molar-refractivity contribution >= 4 is 10.8 Å². The van der Waals surface area contributed by atoms with E-state index in [4.69, 9.17) is 0 Å². The second-order valence-corrected chi connectivity index (χ2v) is 6.72. The van der Waals surface area contributed by atoms with Crippen LogP contribution in [0.4, 0.5) is 0 Å². The first-order chi connectivity index (χ1) is 11.0. The molecule has 3 heteroatoms. The minimum absolute atomic E-state index is 0. The average molecular weight is 436 g/mol. The number of aryl methyl sites for hydroxylation is 1. The Balaban J connectivity index is 0. The molecule has 0 aliphatic rings. The van der Waals surface area contributed by atoms with Gasteiger partial charge in [-0.05, 0) is 6.42 Å². The van der Waals surface area contributed by atoms with Gasteiger partial charge >= 0.3 is 26.2 Å². The molecule has 0 radical (unpaired) electrons. The summed E-state index contributed by atoms with van der Waals surface area (Å²) in [5.41, 5.74) is 8.83. The van der Waals surface area contributed by atoms with E-state index < -0.39 is 0 Å². The van der Waals surface area contributed by atoms with Crippen LogP contribution in [0.25, 0.3) is 10.8 Å². The minimum Gasteiger partial charge on any atom is -1.00 e. The number of rotatable bonds is 3. The molecule has 0 spiro atoms. The molecule has 0 aromatic heterocycles. The van der Waals surface area contributed by atoms with Crippen molar-refractivity contribution in [3.05, 3.63) is 69.8 Å². The van der Waals surface area contributed by atoms with E-state index in [-0.39, 0.29) is 35.6 Å². The van der Waals surface area contributed by atoms with Crippen molar-refractivity contribution in [1.82, 2.24) is 0 Å². The molecular weight excluding hydrogens is 405 g/mol. The van der Waals surface area contributed by atoms with E-state index in [1.165, 1.54) is 63.4 Å². The van der Waals surface area contributed by atoms with Crippen LogP contribution in [0.15, 0.2) is 36.4 Å². The Kier molecular flexibility index (Phi) is 12.9.